The number of nitrogens with one attached hydrogen (secondary N) is 2. The van der Waals surface area contributed by atoms with Gasteiger partial charge in [0.25, 0.3) is 5.56 Å². The van der Waals surface area contributed by atoms with Gasteiger partial charge in [-0.15, -0.1) is 0 Å². The molecule has 2 aromatic carbocycles. The Morgan fingerprint density at radius 2 is 2.03 bits per heavy atom. The number of aromatic nitrogens is 1. The Bertz CT molecular complexity index is 1150. The van der Waals surface area contributed by atoms with Crippen molar-refractivity contribution >= 4 is 22.9 Å². The highest BCUT2D eigenvalue weighted by Crippen LogP contribution is 2.32. The summed E-state index contributed by atoms with van der Waals surface area (Å²) in [5.41, 5.74) is 2.00. The van der Waals surface area contributed by atoms with Crippen molar-refractivity contribution in [2.75, 3.05) is 20.4 Å². The molecule has 1 amide bonds. The van der Waals surface area contributed by atoms with Crippen LogP contribution >= 0.6 is 0 Å². The SMILES string of the molecule is COc1ccc2cc(CCNC(=O)C=Cc3ccc4c(c3)OCO4)c(=O)[nH]c2c1. The van der Waals surface area contributed by atoms with E-state index < -0.39 is 0 Å². The zero-order chi connectivity index (χ0) is 20.2. The molecule has 4 rings (SSSR count). The van der Waals surface area contributed by atoms with Crippen LogP contribution in [0.15, 0.2) is 53.3 Å². The highest BCUT2D eigenvalue weighted by molar-refractivity contribution is 5.91. The van der Waals surface area contributed by atoms with Crippen LogP contribution in [-0.4, -0.2) is 31.3 Å². The molecule has 148 valence electrons. The topological polar surface area (TPSA) is 89.7 Å². The lowest BCUT2D eigenvalue weighted by Crippen LogP contribution is -2.25. The van der Waals surface area contributed by atoms with Gasteiger partial charge in [0, 0.05) is 24.3 Å². The summed E-state index contributed by atoms with van der Waals surface area (Å²) < 4.78 is 15.8. The van der Waals surface area contributed by atoms with Gasteiger partial charge in [-0.05, 0) is 53.8 Å². The molecule has 1 aromatic heterocycles. The zero-order valence-electron chi connectivity index (χ0n) is 15.9. The largest absolute Gasteiger partial charge is 0.497 e. The second-order valence-corrected chi connectivity index (χ2v) is 6.56. The monoisotopic (exact) mass is 392 g/mol. The summed E-state index contributed by atoms with van der Waals surface area (Å²) in [5, 5.41) is 3.70. The number of hydrogen-bond acceptors (Lipinski definition) is 5. The Morgan fingerprint density at radius 3 is 2.90 bits per heavy atom. The molecule has 0 fully saturated rings. The molecule has 29 heavy (non-hydrogen) atoms. The van der Waals surface area contributed by atoms with Crippen LogP contribution < -0.4 is 25.1 Å². The summed E-state index contributed by atoms with van der Waals surface area (Å²) in [7, 11) is 1.58. The first-order valence-electron chi connectivity index (χ1n) is 9.18. The summed E-state index contributed by atoms with van der Waals surface area (Å²) in [6, 6.07) is 12.8. The molecule has 0 aliphatic carbocycles. The first-order chi connectivity index (χ1) is 14.1. The molecule has 0 atom stereocenters. The van der Waals surface area contributed by atoms with Gasteiger partial charge in [-0.25, -0.2) is 0 Å². The number of methoxy groups -OCH3 is 1. The van der Waals surface area contributed by atoms with Gasteiger partial charge in [0.15, 0.2) is 11.5 Å². The molecule has 0 radical (unpaired) electrons. The van der Waals surface area contributed by atoms with E-state index in [1.165, 1.54) is 6.08 Å². The molecule has 0 saturated carbocycles. The summed E-state index contributed by atoms with van der Waals surface area (Å²) >= 11 is 0. The van der Waals surface area contributed by atoms with Gasteiger partial charge in [0.1, 0.15) is 5.75 Å². The third kappa shape index (κ3) is 4.24. The van der Waals surface area contributed by atoms with Gasteiger partial charge in [-0.3, -0.25) is 9.59 Å². The number of carbonyl (C=O) groups is 1. The van der Waals surface area contributed by atoms with E-state index in [1.54, 1.807) is 19.3 Å². The third-order valence-corrected chi connectivity index (χ3v) is 4.65. The Hall–Kier alpha value is -3.74. The average Bonchev–Trinajstić information content (AvgIpc) is 3.20. The van der Waals surface area contributed by atoms with E-state index in [4.69, 9.17) is 14.2 Å². The molecule has 0 saturated heterocycles. The van der Waals surface area contributed by atoms with Crippen molar-refractivity contribution in [2.45, 2.75) is 6.42 Å². The Morgan fingerprint density at radius 1 is 1.17 bits per heavy atom. The van der Waals surface area contributed by atoms with Gasteiger partial charge in [0.05, 0.1) is 12.6 Å². The maximum absolute atomic E-state index is 12.3. The number of fused-ring (bicyclic) bond motifs is 2. The van der Waals surface area contributed by atoms with E-state index in [0.29, 0.717) is 41.3 Å². The van der Waals surface area contributed by atoms with Crippen molar-refractivity contribution in [1.29, 1.82) is 0 Å². The summed E-state index contributed by atoms with van der Waals surface area (Å²) in [6.07, 6.45) is 3.59. The number of hydrogen-bond donors (Lipinski definition) is 2. The number of carbonyl (C=O) groups excluding carboxylic acids is 1. The fourth-order valence-electron chi connectivity index (χ4n) is 3.11. The van der Waals surface area contributed by atoms with E-state index in [9.17, 15) is 9.59 Å². The molecule has 0 unspecified atom stereocenters. The summed E-state index contributed by atoms with van der Waals surface area (Å²) in [5.74, 6) is 1.82. The second kappa shape index (κ2) is 8.10. The zero-order valence-corrected chi connectivity index (χ0v) is 15.9. The minimum absolute atomic E-state index is 0.170. The van der Waals surface area contributed by atoms with Crippen molar-refractivity contribution in [1.82, 2.24) is 10.3 Å². The summed E-state index contributed by atoms with van der Waals surface area (Å²) in [4.78, 5) is 27.2. The Kier molecular flexibility index (Phi) is 5.20. The number of benzene rings is 2. The lowest BCUT2D eigenvalue weighted by molar-refractivity contribution is -0.116. The average molecular weight is 392 g/mol. The van der Waals surface area contributed by atoms with Gasteiger partial charge in [0.2, 0.25) is 12.7 Å². The van der Waals surface area contributed by atoms with E-state index in [0.717, 1.165) is 10.9 Å². The van der Waals surface area contributed by atoms with E-state index >= 15 is 0 Å². The number of rotatable bonds is 6. The van der Waals surface area contributed by atoms with Crippen LogP contribution in [0.1, 0.15) is 11.1 Å². The molecule has 2 heterocycles. The molecule has 3 aromatic rings. The van der Waals surface area contributed by atoms with Crippen molar-refractivity contribution in [3.05, 3.63) is 70.0 Å². The molecule has 2 N–H and O–H groups in total. The van der Waals surface area contributed by atoms with Crippen LogP contribution in [-0.2, 0) is 11.2 Å². The van der Waals surface area contributed by atoms with Gasteiger partial charge in [-0.1, -0.05) is 6.07 Å². The molecular weight excluding hydrogens is 372 g/mol. The third-order valence-electron chi connectivity index (χ3n) is 4.65. The van der Waals surface area contributed by atoms with E-state index in [2.05, 4.69) is 10.3 Å². The molecule has 1 aliphatic rings. The second-order valence-electron chi connectivity index (χ2n) is 6.56. The number of ether oxygens (including phenoxy) is 3. The van der Waals surface area contributed by atoms with Crippen molar-refractivity contribution < 1.29 is 19.0 Å². The van der Waals surface area contributed by atoms with Crippen LogP contribution in [0.2, 0.25) is 0 Å². The van der Waals surface area contributed by atoms with Crippen LogP contribution in [0.4, 0.5) is 0 Å². The minimum atomic E-state index is -0.232. The first kappa shape index (κ1) is 18.6. The van der Waals surface area contributed by atoms with Gasteiger partial charge >= 0.3 is 0 Å². The Labute approximate surface area is 166 Å². The predicted molar refractivity (Wildman–Crippen MR) is 109 cm³/mol. The van der Waals surface area contributed by atoms with Gasteiger partial charge < -0.3 is 24.5 Å². The van der Waals surface area contributed by atoms with Crippen molar-refractivity contribution in [3.63, 3.8) is 0 Å². The van der Waals surface area contributed by atoms with Crippen molar-refractivity contribution in [3.8, 4) is 17.2 Å². The predicted octanol–water partition coefficient (Wildman–Crippen LogP) is 2.64. The van der Waals surface area contributed by atoms with Crippen molar-refractivity contribution in [2.24, 2.45) is 0 Å². The highest BCUT2D eigenvalue weighted by Gasteiger charge is 2.12. The molecule has 7 nitrogen and oxygen atoms in total. The Balaban J connectivity index is 1.35. The van der Waals surface area contributed by atoms with E-state index in [-0.39, 0.29) is 18.3 Å². The number of H-pyrrole nitrogens is 1. The fourth-order valence-corrected chi connectivity index (χ4v) is 3.11. The smallest absolute Gasteiger partial charge is 0.251 e. The highest BCUT2D eigenvalue weighted by atomic mass is 16.7. The van der Waals surface area contributed by atoms with Crippen LogP contribution in [0.3, 0.4) is 0 Å². The standard InChI is InChI=1S/C22H20N2O5/c1-27-17-5-4-15-11-16(22(26)24-18(15)12-17)8-9-23-21(25)7-3-14-2-6-19-20(10-14)29-13-28-19/h2-7,10-12H,8-9,13H2,1H3,(H,23,25)(H,24,26). The molecule has 0 spiro atoms. The number of amides is 1. The minimum Gasteiger partial charge on any atom is -0.497 e. The normalized spacial score (nSPS) is 12.4. The van der Waals surface area contributed by atoms with Crippen LogP contribution in [0.25, 0.3) is 17.0 Å². The lowest BCUT2D eigenvalue weighted by atomic mass is 10.1. The maximum Gasteiger partial charge on any atom is 0.251 e. The number of aromatic amines is 1. The maximum atomic E-state index is 12.3. The first-order valence-corrected chi connectivity index (χ1v) is 9.18. The van der Waals surface area contributed by atoms with Crippen LogP contribution in [0, 0.1) is 0 Å². The fraction of sp³-hybridized carbons (Fsp3) is 0.182. The van der Waals surface area contributed by atoms with Crippen LogP contribution in [0.5, 0.6) is 17.2 Å². The molecule has 1 aliphatic heterocycles. The lowest BCUT2D eigenvalue weighted by Gasteiger charge is -2.06. The number of pyridine rings is 1. The molecule has 0 bridgehead atoms. The molecule has 7 heteroatoms. The summed E-state index contributed by atoms with van der Waals surface area (Å²) in [6.45, 7) is 0.569. The van der Waals surface area contributed by atoms with E-state index in [1.807, 2.05) is 36.4 Å². The van der Waals surface area contributed by atoms with Gasteiger partial charge in [-0.2, -0.15) is 0 Å². The quantitative estimate of drug-likeness (QED) is 0.630. The molecular formula is C22H20N2O5.